The molecular formula is C20H25NO3. The summed E-state index contributed by atoms with van der Waals surface area (Å²) in [4.78, 5) is 18.2. The smallest absolute Gasteiger partial charge is 0.262 e. The molecule has 1 atom stereocenters. The van der Waals surface area contributed by atoms with Gasteiger partial charge in [-0.25, -0.2) is 0 Å². The molecule has 1 unspecified atom stereocenters. The minimum Gasteiger partial charge on any atom is -0.393 e. The third-order valence-corrected chi connectivity index (χ3v) is 3.63. The molecule has 4 nitrogen and oxygen atoms in total. The van der Waals surface area contributed by atoms with Crippen LogP contribution < -0.4 is 9.90 Å². The highest BCUT2D eigenvalue weighted by molar-refractivity contribution is 5.91. The van der Waals surface area contributed by atoms with E-state index in [4.69, 9.17) is 4.84 Å². The first kappa shape index (κ1) is 18.0. The lowest BCUT2D eigenvalue weighted by atomic mass is 10.1. The van der Waals surface area contributed by atoms with Crippen LogP contribution in [0.15, 0.2) is 54.6 Å². The molecule has 0 fully saturated rings. The number of hydroxylamine groups is 1. The zero-order valence-corrected chi connectivity index (χ0v) is 14.3. The van der Waals surface area contributed by atoms with E-state index in [-0.39, 0.29) is 12.3 Å². The second-order valence-electron chi connectivity index (χ2n) is 5.92. The van der Waals surface area contributed by atoms with Crippen molar-refractivity contribution in [1.29, 1.82) is 0 Å². The molecule has 1 amide bonds. The van der Waals surface area contributed by atoms with Crippen LogP contribution in [0.25, 0.3) is 0 Å². The van der Waals surface area contributed by atoms with Gasteiger partial charge in [0.15, 0.2) is 5.75 Å². The van der Waals surface area contributed by atoms with Gasteiger partial charge in [-0.3, -0.25) is 4.79 Å². The topological polar surface area (TPSA) is 49.8 Å². The van der Waals surface area contributed by atoms with E-state index in [1.807, 2.05) is 42.5 Å². The standard InChI is InChI=1S/C20H25NO3/c1-3-4-8-17-11-13-19(14-12-17)24-21(20(23)15-16(2)22)18-9-6-5-7-10-18/h5-7,9-14,16,22H,3-4,8,15H2,1-2H3. The number of aliphatic hydroxyl groups excluding tert-OH is 1. The molecule has 0 saturated heterocycles. The van der Waals surface area contributed by atoms with Gasteiger partial charge in [0.05, 0.1) is 18.2 Å². The molecule has 0 saturated carbocycles. The quantitative estimate of drug-likeness (QED) is 0.742. The molecule has 2 aromatic rings. The van der Waals surface area contributed by atoms with Gasteiger partial charge in [-0.1, -0.05) is 43.7 Å². The average Bonchev–Trinajstić information content (AvgIpc) is 2.59. The Morgan fingerprint density at radius 2 is 1.79 bits per heavy atom. The van der Waals surface area contributed by atoms with Gasteiger partial charge in [0.2, 0.25) is 0 Å². The fourth-order valence-electron chi connectivity index (χ4n) is 2.35. The number of rotatable bonds is 8. The minimum atomic E-state index is -0.719. The van der Waals surface area contributed by atoms with Crippen LogP contribution in [0.5, 0.6) is 5.75 Å². The molecule has 24 heavy (non-hydrogen) atoms. The summed E-state index contributed by atoms with van der Waals surface area (Å²) in [7, 11) is 0. The average molecular weight is 327 g/mol. The largest absolute Gasteiger partial charge is 0.393 e. The predicted molar refractivity (Wildman–Crippen MR) is 95.9 cm³/mol. The van der Waals surface area contributed by atoms with E-state index in [0.717, 1.165) is 19.3 Å². The lowest BCUT2D eigenvalue weighted by Gasteiger charge is -2.23. The Labute approximate surface area is 143 Å². The molecule has 0 spiro atoms. The maximum Gasteiger partial charge on any atom is 0.262 e. The second-order valence-corrected chi connectivity index (χ2v) is 5.92. The van der Waals surface area contributed by atoms with Gasteiger partial charge in [-0.05, 0) is 49.6 Å². The number of nitrogens with zero attached hydrogens (tertiary/aromatic N) is 1. The van der Waals surface area contributed by atoms with Crippen molar-refractivity contribution in [3.05, 3.63) is 60.2 Å². The third kappa shape index (κ3) is 5.39. The van der Waals surface area contributed by atoms with Crippen LogP contribution in [-0.2, 0) is 11.2 Å². The first-order valence-corrected chi connectivity index (χ1v) is 8.43. The van der Waals surface area contributed by atoms with Gasteiger partial charge in [0.1, 0.15) is 0 Å². The Balaban J connectivity index is 2.14. The van der Waals surface area contributed by atoms with Crippen molar-refractivity contribution in [2.75, 3.05) is 5.06 Å². The molecule has 2 aromatic carbocycles. The fraction of sp³-hybridized carbons (Fsp3) is 0.350. The molecule has 128 valence electrons. The first-order valence-electron chi connectivity index (χ1n) is 8.43. The van der Waals surface area contributed by atoms with Gasteiger partial charge in [0, 0.05) is 0 Å². The summed E-state index contributed by atoms with van der Waals surface area (Å²) in [5, 5.41) is 10.7. The zero-order valence-electron chi connectivity index (χ0n) is 14.3. The number of unbranched alkanes of at least 4 members (excludes halogenated alkanes) is 1. The van der Waals surface area contributed by atoms with Gasteiger partial charge >= 0.3 is 0 Å². The van der Waals surface area contributed by atoms with Gasteiger partial charge in [-0.15, -0.1) is 5.06 Å². The van der Waals surface area contributed by atoms with E-state index in [1.165, 1.54) is 10.6 Å². The molecule has 0 aromatic heterocycles. The number of carbonyl (C=O) groups is 1. The Bertz CT molecular complexity index is 623. The summed E-state index contributed by atoms with van der Waals surface area (Å²) in [5.74, 6) is 0.310. The molecule has 0 heterocycles. The maximum absolute atomic E-state index is 12.4. The van der Waals surface area contributed by atoms with Gasteiger partial charge in [-0.2, -0.15) is 0 Å². The molecule has 0 radical (unpaired) electrons. The first-order chi connectivity index (χ1) is 11.6. The Morgan fingerprint density at radius 3 is 2.38 bits per heavy atom. The summed E-state index contributed by atoms with van der Waals surface area (Å²) in [6, 6.07) is 17.0. The van der Waals surface area contributed by atoms with E-state index in [0.29, 0.717) is 11.4 Å². The fourth-order valence-corrected chi connectivity index (χ4v) is 2.35. The number of para-hydroxylation sites is 1. The summed E-state index contributed by atoms with van der Waals surface area (Å²) in [5.41, 5.74) is 1.89. The number of benzene rings is 2. The molecule has 0 aliphatic rings. The minimum absolute atomic E-state index is 0.00345. The molecule has 4 heteroatoms. The van der Waals surface area contributed by atoms with Crippen LogP contribution in [0.3, 0.4) is 0 Å². The molecular weight excluding hydrogens is 302 g/mol. The van der Waals surface area contributed by atoms with Crippen LogP contribution in [0.4, 0.5) is 5.69 Å². The SMILES string of the molecule is CCCCc1ccc(ON(C(=O)CC(C)O)c2ccccc2)cc1. The number of anilines is 1. The van der Waals surface area contributed by atoms with E-state index in [9.17, 15) is 9.90 Å². The van der Waals surface area contributed by atoms with Crippen LogP contribution in [-0.4, -0.2) is 17.1 Å². The summed E-state index contributed by atoms with van der Waals surface area (Å²) in [6.07, 6.45) is 2.64. The molecule has 0 aliphatic heterocycles. The van der Waals surface area contributed by atoms with E-state index >= 15 is 0 Å². The van der Waals surface area contributed by atoms with Crippen molar-refractivity contribution in [1.82, 2.24) is 0 Å². The van der Waals surface area contributed by atoms with Crippen LogP contribution >= 0.6 is 0 Å². The second kappa shape index (κ2) is 9.08. The summed E-state index contributed by atoms with van der Waals surface area (Å²) < 4.78 is 0. The lowest BCUT2D eigenvalue weighted by molar-refractivity contribution is -0.124. The highest BCUT2D eigenvalue weighted by atomic mass is 16.7. The number of amides is 1. The number of hydrogen-bond donors (Lipinski definition) is 1. The Hall–Kier alpha value is -2.33. The van der Waals surface area contributed by atoms with E-state index in [1.54, 1.807) is 19.1 Å². The van der Waals surface area contributed by atoms with Gasteiger partial charge < -0.3 is 9.94 Å². The highest BCUT2D eigenvalue weighted by Crippen LogP contribution is 2.21. The highest BCUT2D eigenvalue weighted by Gasteiger charge is 2.19. The van der Waals surface area contributed by atoms with E-state index in [2.05, 4.69) is 6.92 Å². The van der Waals surface area contributed by atoms with Crippen molar-refractivity contribution < 1.29 is 14.7 Å². The van der Waals surface area contributed by atoms with Crippen molar-refractivity contribution in [3.63, 3.8) is 0 Å². The summed E-state index contributed by atoms with van der Waals surface area (Å²) in [6.45, 7) is 3.76. The van der Waals surface area contributed by atoms with Crippen molar-refractivity contribution >= 4 is 11.6 Å². The summed E-state index contributed by atoms with van der Waals surface area (Å²) >= 11 is 0. The third-order valence-electron chi connectivity index (χ3n) is 3.63. The molecule has 2 rings (SSSR count). The number of hydrogen-bond acceptors (Lipinski definition) is 3. The molecule has 1 N–H and O–H groups in total. The lowest BCUT2D eigenvalue weighted by Crippen LogP contribution is -2.35. The van der Waals surface area contributed by atoms with Crippen molar-refractivity contribution in [2.45, 2.75) is 45.6 Å². The monoisotopic (exact) mass is 327 g/mol. The zero-order chi connectivity index (χ0) is 17.4. The molecule has 0 aliphatic carbocycles. The maximum atomic E-state index is 12.4. The number of aliphatic hydroxyl groups is 1. The van der Waals surface area contributed by atoms with Crippen LogP contribution in [0.1, 0.15) is 38.7 Å². The van der Waals surface area contributed by atoms with Crippen molar-refractivity contribution in [2.24, 2.45) is 0 Å². The van der Waals surface area contributed by atoms with Crippen molar-refractivity contribution in [3.8, 4) is 5.75 Å². The van der Waals surface area contributed by atoms with E-state index < -0.39 is 6.10 Å². The molecule has 0 bridgehead atoms. The Morgan fingerprint density at radius 1 is 1.12 bits per heavy atom. The normalized spacial score (nSPS) is 11.8. The number of aryl methyl sites for hydroxylation is 1. The van der Waals surface area contributed by atoms with Crippen LogP contribution in [0.2, 0.25) is 0 Å². The predicted octanol–water partition coefficient (Wildman–Crippen LogP) is 4.13. The van der Waals surface area contributed by atoms with Gasteiger partial charge in [0.25, 0.3) is 5.91 Å². The number of carbonyl (C=O) groups excluding carboxylic acids is 1. The van der Waals surface area contributed by atoms with Crippen LogP contribution in [0, 0.1) is 0 Å². The Kier molecular flexibility index (Phi) is 6.82.